The second kappa shape index (κ2) is 7.59. The average Bonchev–Trinajstić information content (AvgIpc) is 2.69. The van der Waals surface area contributed by atoms with E-state index in [0.29, 0.717) is 24.8 Å². The zero-order chi connectivity index (χ0) is 15.2. The Hall–Kier alpha value is -1.36. The average molecular weight is 293 g/mol. The van der Waals surface area contributed by atoms with Crippen molar-refractivity contribution in [3.05, 3.63) is 17.5 Å². The molecule has 0 amide bonds. The van der Waals surface area contributed by atoms with Gasteiger partial charge in [-0.2, -0.15) is 5.10 Å². The molecule has 0 bridgehead atoms. The van der Waals surface area contributed by atoms with Gasteiger partial charge in [-0.3, -0.25) is 4.68 Å². The molecule has 0 aromatic carbocycles. The Morgan fingerprint density at radius 2 is 2.24 bits per heavy atom. The van der Waals surface area contributed by atoms with E-state index >= 15 is 0 Å². The molecule has 0 aliphatic heterocycles. The second-order valence-corrected chi connectivity index (χ2v) is 6.04. The molecule has 1 saturated carbocycles. The van der Waals surface area contributed by atoms with E-state index in [-0.39, 0.29) is 5.97 Å². The third-order valence-corrected chi connectivity index (χ3v) is 4.37. The lowest BCUT2D eigenvalue weighted by atomic mass is 10.0. The van der Waals surface area contributed by atoms with Crippen LogP contribution in [0, 0.1) is 5.92 Å². The van der Waals surface area contributed by atoms with Gasteiger partial charge in [-0.25, -0.2) is 4.79 Å². The van der Waals surface area contributed by atoms with Crippen LogP contribution in [0.25, 0.3) is 0 Å². The van der Waals surface area contributed by atoms with Gasteiger partial charge in [0.1, 0.15) is 5.56 Å². The molecule has 2 unspecified atom stereocenters. The van der Waals surface area contributed by atoms with Gasteiger partial charge in [-0.1, -0.05) is 19.8 Å². The SMILES string of the molecule is CCOC(=O)c1cnn(C)c1CNC1CCCC(C)CC1. The van der Waals surface area contributed by atoms with Crippen molar-refractivity contribution in [3.63, 3.8) is 0 Å². The van der Waals surface area contributed by atoms with Gasteiger partial charge in [-0.15, -0.1) is 0 Å². The summed E-state index contributed by atoms with van der Waals surface area (Å²) in [5, 5.41) is 7.78. The summed E-state index contributed by atoms with van der Waals surface area (Å²) in [4.78, 5) is 11.9. The molecule has 1 aromatic rings. The molecule has 2 atom stereocenters. The maximum Gasteiger partial charge on any atom is 0.341 e. The third-order valence-electron chi connectivity index (χ3n) is 4.37. The Balaban J connectivity index is 1.96. The summed E-state index contributed by atoms with van der Waals surface area (Å²) in [5.74, 6) is 0.556. The first-order chi connectivity index (χ1) is 10.1. The molecule has 5 heteroatoms. The van der Waals surface area contributed by atoms with Crippen molar-refractivity contribution in [1.29, 1.82) is 0 Å². The normalized spacial score (nSPS) is 22.8. The molecule has 2 rings (SSSR count). The van der Waals surface area contributed by atoms with Crippen molar-refractivity contribution >= 4 is 5.97 Å². The number of nitrogens with zero attached hydrogens (tertiary/aromatic N) is 2. The van der Waals surface area contributed by atoms with E-state index in [4.69, 9.17) is 4.74 Å². The van der Waals surface area contributed by atoms with Gasteiger partial charge < -0.3 is 10.1 Å². The van der Waals surface area contributed by atoms with Crippen LogP contribution in [0.2, 0.25) is 0 Å². The minimum atomic E-state index is -0.281. The van der Waals surface area contributed by atoms with Crippen LogP contribution in [0.5, 0.6) is 0 Å². The lowest BCUT2D eigenvalue weighted by Crippen LogP contribution is -2.29. The minimum absolute atomic E-state index is 0.281. The van der Waals surface area contributed by atoms with E-state index in [9.17, 15) is 4.79 Å². The van der Waals surface area contributed by atoms with Crippen molar-refractivity contribution in [2.24, 2.45) is 13.0 Å². The fourth-order valence-corrected chi connectivity index (χ4v) is 2.98. The van der Waals surface area contributed by atoms with E-state index in [1.165, 1.54) is 32.1 Å². The van der Waals surface area contributed by atoms with Crippen LogP contribution in [0.3, 0.4) is 0 Å². The highest BCUT2D eigenvalue weighted by Crippen LogP contribution is 2.23. The molecule has 1 aliphatic rings. The zero-order valence-corrected chi connectivity index (χ0v) is 13.4. The Morgan fingerprint density at radius 3 is 3.00 bits per heavy atom. The lowest BCUT2D eigenvalue weighted by Gasteiger charge is -2.17. The van der Waals surface area contributed by atoms with Crippen molar-refractivity contribution in [3.8, 4) is 0 Å². The Bertz CT molecular complexity index is 470. The van der Waals surface area contributed by atoms with Crippen molar-refractivity contribution < 1.29 is 9.53 Å². The second-order valence-electron chi connectivity index (χ2n) is 6.04. The van der Waals surface area contributed by atoms with Gasteiger partial charge in [0.2, 0.25) is 0 Å². The van der Waals surface area contributed by atoms with Gasteiger partial charge in [0.15, 0.2) is 0 Å². The molecule has 0 saturated heterocycles. The highest BCUT2D eigenvalue weighted by atomic mass is 16.5. The maximum absolute atomic E-state index is 11.9. The van der Waals surface area contributed by atoms with Crippen LogP contribution < -0.4 is 5.32 Å². The summed E-state index contributed by atoms with van der Waals surface area (Å²) < 4.78 is 6.85. The topological polar surface area (TPSA) is 56.1 Å². The molecule has 0 radical (unpaired) electrons. The van der Waals surface area contributed by atoms with Crippen LogP contribution in [0.15, 0.2) is 6.20 Å². The molecule has 21 heavy (non-hydrogen) atoms. The number of aryl methyl sites for hydroxylation is 1. The van der Waals surface area contributed by atoms with Crippen molar-refractivity contribution in [2.45, 2.75) is 58.5 Å². The summed E-state index contributed by atoms with van der Waals surface area (Å²) in [6.07, 6.45) is 7.94. The molecule has 1 N–H and O–H groups in total. The number of aromatic nitrogens is 2. The smallest absolute Gasteiger partial charge is 0.341 e. The quantitative estimate of drug-likeness (QED) is 0.670. The van der Waals surface area contributed by atoms with E-state index in [2.05, 4.69) is 17.3 Å². The Labute approximate surface area is 127 Å². The van der Waals surface area contributed by atoms with Crippen LogP contribution in [0.1, 0.15) is 62.0 Å². The number of hydrogen-bond donors (Lipinski definition) is 1. The number of hydrogen-bond acceptors (Lipinski definition) is 4. The largest absolute Gasteiger partial charge is 0.462 e. The fraction of sp³-hybridized carbons (Fsp3) is 0.750. The summed E-state index contributed by atoms with van der Waals surface area (Å²) >= 11 is 0. The molecule has 118 valence electrons. The van der Waals surface area contributed by atoms with Gasteiger partial charge >= 0.3 is 5.97 Å². The summed E-state index contributed by atoms with van der Waals surface area (Å²) in [7, 11) is 1.87. The van der Waals surface area contributed by atoms with Gasteiger partial charge in [0.25, 0.3) is 0 Å². The Morgan fingerprint density at radius 1 is 1.43 bits per heavy atom. The van der Waals surface area contributed by atoms with E-state index in [1.54, 1.807) is 10.9 Å². The molecule has 1 fully saturated rings. The number of esters is 1. The van der Waals surface area contributed by atoms with Gasteiger partial charge in [-0.05, 0) is 32.1 Å². The van der Waals surface area contributed by atoms with E-state index in [1.807, 2.05) is 14.0 Å². The molecule has 1 aromatic heterocycles. The summed E-state index contributed by atoms with van der Waals surface area (Å²) in [6, 6.07) is 0.542. The first-order valence-corrected chi connectivity index (χ1v) is 8.03. The summed E-state index contributed by atoms with van der Waals surface area (Å²) in [5.41, 5.74) is 1.49. The molecular weight excluding hydrogens is 266 g/mol. The van der Waals surface area contributed by atoms with Crippen LogP contribution in [-0.2, 0) is 18.3 Å². The molecule has 5 nitrogen and oxygen atoms in total. The maximum atomic E-state index is 11.9. The van der Waals surface area contributed by atoms with Crippen molar-refractivity contribution in [2.75, 3.05) is 6.61 Å². The predicted octanol–water partition coefficient (Wildman–Crippen LogP) is 2.66. The highest BCUT2D eigenvalue weighted by Gasteiger charge is 2.20. The number of nitrogens with one attached hydrogen (secondary N) is 1. The molecule has 1 heterocycles. The highest BCUT2D eigenvalue weighted by molar-refractivity contribution is 5.90. The number of carbonyl (C=O) groups excluding carboxylic acids is 1. The van der Waals surface area contributed by atoms with Gasteiger partial charge in [0, 0.05) is 19.6 Å². The first-order valence-electron chi connectivity index (χ1n) is 8.03. The standard InChI is InChI=1S/C16H27N3O2/c1-4-21-16(20)14-10-18-19(3)15(14)11-17-13-7-5-6-12(2)8-9-13/h10,12-13,17H,4-9,11H2,1-3H3. The van der Waals surface area contributed by atoms with Gasteiger partial charge in [0.05, 0.1) is 18.5 Å². The lowest BCUT2D eigenvalue weighted by molar-refractivity contribution is 0.0524. The fourth-order valence-electron chi connectivity index (χ4n) is 2.98. The Kier molecular flexibility index (Phi) is 5.79. The molecule has 0 spiro atoms. The zero-order valence-electron chi connectivity index (χ0n) is 13.4. The predicted molar refractivity (Wildman–Crippen MR) is 82.0 cm³/mol. The first kappa shape index (κ1) is 16.0. The van der Waals surface area contributed by atoms with Crippen LogP contribution in [-0.4, -0.2) is 28.4 Å². The van der Waals surface area contributed by atoms with Crippen molar-refractivity contribution in [1.82, 2.24) is 15.1 Å². The molecular formula is C16H27N3O2. The van der Waals surface area contributed by atoms with Crippen LogP contribution in [0.4, 0.5) is 0 Å². The minimum Gasteiger partial charge on any atom is -0.462 e. The number of carbonyl (C=O) groups is 1. The number of ether oxygens (including phenoxy) is 1. The third kappa shape index (κ3) is 4.30. The summed E-state index contributed by atoms with van der Waals surface area (Å²) in [6.45, 7) is 5.21. The number of rotatable bonds is 5. The molecule has 1 aliphatic carbocycles. The van der Waals surface area contributed by atoms with E-state index < -0.39 is 0 Å². The van der Waals surface area contributed by atoms with E-state index in [0.717, 1.165) is 11.6 Å². The van der Waals surface area contributed by atoms with Crippen LogP contribution >= 0.6 is 0 Å². The monoisotopic (exact) mass is 293 g/mol.